The van der Waals surface area contributed by atoms with Crippen molar-refractivity contribution >= 4 is 23.2 Å². The lowest BCUT2D eigenvalue weighted by Crippen LogP contribution is -2.40. The van der Waals surface area contributed by atoms with Gasteiger partial charge in [-0.1, -0.05) is 0 Å². The first-order chi connectivity index (χ1) is 12.6. The second-order valence-corrected chi connectivity index (χ2v) is 7.17. The van der Waals surface area contributed by atoms with Gasteiger partial charge in [-0.25, -0.2) is 4.98 Å². The summed E-state index contributed by atoms with van der Waals surface area (Å²) in [7, 11) is 1.85. The third-order valence-electron chi connectivity index (χ3n) is 4.29. The van der Waals surface area contributed by atoms with Crippen molar-refractivity contribution in [2.24, 2.45) is 7.05 Å². The molecule has 3 heterocycles. The SMILES string of the molecule is CCNC(=O)CN1CCCN(C(=O)c2csc(-c3cnn(C)c3)n2)CC1. The summed E-state index contributed by atoms with van der Waals surface area (Å²) in [5, 5.41) is 9.57. The molecule has 3 rings (SSSR count). The fourth-order valence-corrected chi connectivity index (χ4v) is 3.76. The molecule has 140 valence electrons. The van der Waals surface area contributed by atoms with Gasteiger partial charge in [0.1, 0.15) is 10.7 Å². The monoisotopic (exact) mass is 376 g/mol. The van der Waals surface area contributed by atoms with E-state index >= 15 is 0 Å². The van der Waals surface area contributed by atoms with Crippen LogP contribution in [0.25, 0.3) is 10.6 Å². The maximum absolute atomic E-state index is 12.8. The smallest absolute Gasteiger partial charge is 0.273 e. The molecule has 1 aliphatic rings. The van der Waals surface area contributed by atoms with Gasteiger partial charge in [0.15, 0.2) is 0 Å². The third kappa shape index (κ3) is 4.47. The Morgan fingerprint density at radius 3 is 2.85 bits per heavy atom. The summed E-state index contributed by atoms with van der Waals surface area (Å²) >= 11 is 1.45. The van der Waals surface area contributed by atoms with Crippen LogP contribution in [0, 0.1) is 0 Å². The van der Waals surface area contributed by atoms with Crippen molar-refractivity contribution in [3.8, 4) is 10.6 Å². The molecule has 1 N–H and O–H groups in total. The van der Waals surface area contributed by atoms with Crippen LogP contribution in [0.1, 0.15) is 23.8 Å². The number of hydrogen-bond donors (Lipinski definition) is 1. The molecule has 0 radical (unpaired) electrons. The number of nitrogens with one attached hydrogen (secondary N) is 1. The second kappa shape index (κ2) is 8.41. The Hall–Kier alpha value is -2.26. The first-order valence-corrected chi connectivity index (χ1v) is 9.67. The van der Waals surface area contributed by atoms with Crippen molar-refractivity contribution in [2.45, 2.75) is 13.3 Å². The molecule has 0 unspecified atom stereocenters. The quantitative estimate of drug-likeness (QED) is 0.836. The number of thiazole rings is 1. The van der Waals surface area contributed by atoms with Crippen molar-refractivity contribution in [3.63, 3.8) is 0 Å². The Labute approximate surface area is 156 Å². The minimum absolute atomic E-state index is 0.0351. The van der Waals surface area contributed by atoms with Crippen LogP contribution < -0.4 is 5.32 Å². The number of carbonyl (C=O) groups is 2. The summed E-state index contributed by atoms with van der Waals surface area (Å²) in [4.78, 5) is 33.0. The highest BCUT2D eigenvalue weighted by atomic mass is 32.1. The molecule has 0 aromatic carbocycles. The summed E-state index contributed by atoms with van der Waals surface area (Å²) in [6.07, 6.45) is 4.49. The highest BCUT2D eigenvalue weighted by Gasteiger charge is 2.23. The molecule has 9 heteroatoms. The lowest BCUT2D eigenvalue weighted by molar-refractivity contribution is -0.122. The molecule has 0 aliphatic carbocycles. The van der Waals surface area contributed by atoms with E-state index in [4.69, 9.17) is 0 Å². The Morgan fingerprint density at radius 2 is 2.12 bits per heavy atom. The van der Waals surface area contributed by atoms with Gasteiger partial charge >= 0.3 is 0 Å². The molecule has 1 fully saturated rings. The fourth-order valence-electron chi connectivity index (χ4n) is 2.99. The maximum Gasteiger partial charge on any atom is 0.273 e. The number of aromatic nitrogens is 3. The van der Waals surface area contributed by atoms with Gasteiger partial charge in [-0.05, 0) is 13.3 Å². The van der Waals surface area contributed by atoms with Crippen LogP contribution in [-0.2, 0) is 11.8 Å². The van der Waals surface area contributed by atoms with Gasteiger partial charge < -0.3 is 10.2 Å². The first-order valence-electron chi connectivity index (χ1n) is 8.79. The van der Waals surface area contributed by atoms with Crippen LogP contribution in [0.4, 0.5) is 0 Å². The third-order valence-corrected chi connectivity index (χ3v) is 5.18. The largest absolute Gasteiger partial charge is 0.355 e. The Bertz CT molecular complexity index is 771. The molecule has 0 atom stereocenters. The van der Waals surface area contributed by atoms with Crippen molar-refractivity contribution in [1.82, 2.24) is 29.9 Å². The molecule has 2 aromatic heterocycles. The zero-order valence-corrected chi connectivity index (χ0v) is 16.0. The van der Waals surface area contributed by atoms with E-state index in [9.17, 15) is 9.59 Å². The highest BCUT2D eigenvalue weighted by Crippen LogP contribution is 2.23. The van der Waals surface area contributed by atoms with E-state index in [2.05, 4.69) is 20.3 Å². The maximum atomic E-state index is 12.8. The molecule has 0 saturated carbocycles. The predicted octanol–water partition coefficient (Wildman–Crippen LogP) is 0.828. The van der Waals surface area contributed by atoms with Crippen LogP contribution >= 0.6 is 11.3 Å². The normalized spacial score (nSPS) is 15.7. The number of amides is 2. The highest BCUT2D eigenvalue weighted by molar-refractivity contribution is 7.13. The second-order valence-electron chi connectivity index (χ2n) is 6.32. The number of hydrogen-bond acceptors (Lipinski definition) is 6. The van der Waals surface area contributed by atoms with Crippen molar-refractivity contribution in [3.05, 3.63) is 23.5 Å². The number of nitrogens with zero attached hydrogens (tertiary/aromatic N) is 5. The molecule has 2 aromatic rings. The van der Waals surface area contributed by atoms with Gasteiger partial charge in [0.2, 0.25) is 5.91 Å². The van der Waals surface area contributed by atoms with E-state index in [0.717, 1.165) is 23.5 Å². The summed E-state index contributed by atoms with van der Waals surface area (Å²) in [6.45, 7) is 5.75. The van der Waals surface area contributed by atoms with Gasteiger partial charge in [-0.2, -0.15) is 5.10 Å². The van der Waals surface area contributed by atoms with Crippen LogP contribution in [0.2, 0.25) is 0 Å². The average molecular weight is 376 g/mol. The molecule has 26 heavy (non-hydrogen) atoms. The number of carbonyl (C=O) groups excluding carboxylic acids is 2. The predicted molar refractivity (Wildman–Crippen MR) is 100.0 cm³/mol. The average Bonchev–Trinajstić information content (AvgIpc) is 3.20. The van der Waals surface area contributed by atoms with Crippen molar-refractivity contribution in [1.29, 1.82) is 0 Å². The van der Waals surface area contributed by atoms with Gasteiger partial charge in [-0.15, -0.1) is 11.3 Å². The molecule has 0 spiro atoms. The Balaban J connectivity index is 1.60. The number of likely N-dealkylation sites (N-methyl/N-ethyl adjacent to an activating group) is 1. The Morgan fingerprint density at radius 1 is 1.27 bits per heavy atom. The zero-order chi connectivity index (χ0) is 18.5. The summed E-state index contributed by atoms with van der Waals surface area (Å²) in [5.41, 5.74) is 1.39. The van der Waals surface area contributed by atoms with Gasteiger partial charge in [0, 0.05) is 56.9 Å². The molecular weight excluding hydrogens is 352 g/mol. The minimum Gasteiger partial charge on any atom is -0.355 e. The van der Waals surface area contributed by atoms with E-state index in [-0.39, 0.29) is 11.8 Å². The fraction of sp³-hybridized carbons (Fsp3) is 0.529. The van der Waals surface area contributed by atoms with Crippen molar-refractivity contribution < 1.29 is 9.59 Å². The van der Waals surface area contributed by atoms with Gasteiger partial charge in [-0.3, -0.25) is 19.2 Å². The van der Waals surface area contributed by atoms with Gasteiger partial charge in [0.05, 0.1) is 12.7 Å². The number of aryl methyl sites for hydroxylation is 1. The molecule has 1 aliphatic heterocycles. The molecule has 8 nitrogen and oxygen atoms in total. The van der Waals surface area contributed by atoms with Crippen LogP contribution in [0.5, 0.6) is 0 Å². The molecule has 2 amide bonds. The van der Waals surface area contributed by atoms with E-state index < -0.39 is 0 Å². The summed E-state index contributed by atoms with van der Waals surface area (Å²) in [6, 6.07) is 0. The van der Waals surface area contributed by atoms with E-state index in [1.54, 1.807) is 10.9 Å². The van der Waals surface area contributed by atoms with Crippen molar-refractivity contribution in [2.75, 3.05) is 39.3 Å². The number of rotatable bonds is 5. The first kappa shape index (κ1) is 18.5. The summed E-state index contributed by atoms with van der Waals surface area (Å²) < 4.78 is 1.72. The Kier molecular flexibility index (Phi) is 6.00. The van der Waals surface area contributed by atoms with Crippen LogP contribution in [0.3, 0.4) is 0 Å². The van der Waals surface area contributed by atoms with E-state index in [1.807, 2.05) is 30.4 Å². The lowest BCUT2D eigenvalue weighted by atomic mass is 10.3. The summed E-state index contributed by atoms with van der Waals surface area (Å²) in [5.74, 6) is -0.0101. The zero-order valence-electron chi connectivity index (χ0n) is 15.1. The van der Waals surface area contributed by atoms with E-state index in [0.29, 0.717) is 38.4 Å². The topological polar surface area (TPSA) is 83.4 Å². The minimum atomic E-state index is -0.0451. The van der Waals surface area contributed by atoms with Crippen LogP contribution in [0.15, 0.2) is 17.8 Å². The molecule has 0 bridgehead atoms. The van der Waals surface area contributed by atoms with Gasteiger partial charge in [0.25, 0.3) is 5.91 Å². The standard InChI is InChI=1S/C17H24N6O2S/c1-3-18-15(24)11-22-5-4-6-23(8-7-22)17(25)14-12-26-16(20-14)13-9-19-21(2)10-13/h9-10,12H,3-8,11H2,1-2H3,(H,18,24). The molecular formula is C17H24N6O2S. The lowest BCUT2D eigenvalue weighted by Gasteiger charge is -2.21. The van der Waals surface area contributed by atoms with E-state index in [1.165, 1.54) is 11.3 Å². The molecule has 1 saturated heterocycles. The van der Waals surface area contributed by atoms with Crippen LogP contribution in [-0.4, -0.2) is 75.6 Å².